The number of amides is 1. The fourth-order valence-corrected chi connectivity index (χ4v) is 2.69. The first kappa shape index (κ1) is 15.5. The number of thioether (sulfide) groups is 1. The van der Waals surface area contributed by atoms with Gasteiger partial charge in [0.25, 0.3) is 0 Å². The van der Waals surface area contributed by atoms with Crippen LogP contribution >= 0.6 is 11.8 Å². The Labute approximate surface area is 126 Å². The summed E-state index contributed by atoms with van der Waals surface area (Å²) in [5.41, 5.74) is 2.11. The lowest BCUT2D eigenvalue weighted by Crippen LogP contribution is -2.15. The maximum atomic E-state index is 13.4. The first-order valence-electron chi connectivity index (χ1n) is 6.40. The molecule has 0 saturated carbocycles. The second-order valence-electron chi connectivity index (χ2n) is 4.73. The third-order valence-corrected chi connectivity index (χ3v) is 4.07. The molecule has 1 amide bonds. The van der Waals surface area contributed by atoms with Crippen molar-refractivity contribution in [2.45, 2.75) is 18.7 Å². The molecule has 5 heteroatoms. The fraction of sp³-hybridized carbons (Fsp3) is 0.188. The minimum atomic E-state index is -0.652. The lowest BCUT2D eigenvalue weighted by atomic mass is 10.2. The third-order valence-electron chi connectivity index (χ3n) is 2.89. The van der Waals surface area contributed by atoms with Gasteiger partial charge in [0.2, 0.25) is 5.91 Å². The molecule has 2 rings (SSSR count). The zero-order valence-corrected chi connectivity index (χ0v) is 12.6. The first-order valence-corrected chi connectivity index (χ1v) is 7.39. The molecule has 0 fully saturated rings. The van der Waals surface area contributed by atoms with Gasteiger partial charge >= 0.3 is 0 Å². The summed E-state index contributed by atoms with van der Waals surface area (Å²) in [6.07, 6.45) is 0. The summed E-state index contributed by atoms with van der Waals surface area (Å²) in [5.74, 6) is -1.47. The summed E-state index contributed by atoms with van der Waals surface area (Å²) in [5, 5.41) is 2.38. The topological polar surface area (TPSA) is 29.1 Å². The highest BCUT2D eigenvalue weighted by Crippen LogP contribution is 2.23. The zero-order valence-electron chi connectivity index (χ0n) is 11.7. The lowest BCUT2D eigenvalue weighted by molar-refractivity contribution is -0.113. The van der Waals surface area contributed by atoms with Gasteiger partial charge in [-0.3, -0.25) is 4.79 Å². The van der Waals surface area contributed by atoms with Gasteiger partial charge in [-0.15, -0.1) is 11.8 Å². The van der Waals surface area contributed by atoms with E-state index < -0.39 is 11.6 Å². The van der Waals surface area contributed by atoms with Crippen molar-refractivity contribution in [3.63, 3.8) is 0 Å². The Morgan fingerprint density at radius 1 is 1.14 bits per heavy atom. The van der Waals surface area contributed by atoms with Gasteiger partial charge in [0.05, 0.1) is 11.4 Å². The largest absolute Gasteiger partial charge is 0.323 e. The summed E-state index contributed by atoms with van der Waals surface area (Å²) in [4.78, 5) is 12.8. The van der Waals surface area contributed by atoms with Gasteiger partial charge < -0.3 is 5.32 Å². The van der Waals surface area contributed by atoms with Gasteiger partial charge in [-0.05, 0) is 37.6 Å². The van der Waals surface area contributed by atoms with Crippen molar-refractivity contribution in [2.24, 2.45) is 0 Å². The van der Waals surface area contributed by atoms with E-state index in [0.29, 0.717) is 0 Å². The molecule has 0 aliphatic heterocycles. The van der Waals surface area contributed by atoms with Crippen LogP contribution in [0, 0.1) is 25.5 Å². The number of halogens is 2. The van der Waals surface area contributed by atoms with Crippen LogP contribution in [0.3, 0.4) is 0 Å². The standard InChI is InChI=1S/C16H15F2NOS/c1-10-3-6-15(11(2)7-10)21-9-16(20)19-14-8-12(17)4-5-13(14)18/h3-8H,9H2,1-2H3,(H,19,20). The van der Waals surface area contributed by atoms with E-state index in [2.05, 4.69) is 5.32 Å². The van der Waals surface area contributed by atoms with E-state index in [1.165, 1.54) is 11.8 Å². The zero-order chi connectivity index (χ0) is 15.4. The van der Waals surface area contributed by atoms with Crippen LogP contribution in [-0.2, 0) is 4.79 Å². The predicted octanol–water partition coefficient (Wildman–Crippen LogP) is 4.31. The predicted molar refractivity (Wildman–Crippen MR) is 81.6 cm³/mol. The van der Waals surface area contributed by atoms with Gasteiger partial charge in [0.1, 0.15) is 11.6 Å². The van der Waals surface area contributed by atoms with Gasteiger partial charge in [0, 0.05) is 11.0 Å². The first-order chi connectivity index (χ1) is 9.95. The number of benzene rings is 2. The molecule has 2 aromatic rings. The van der Waals surface area contributed by atoms with E-state index in [9.17, 15) is 13.6 Å². The summed E-state index contributed by atoms with van der Waals surface area (Å²) < 4.78 is 26.4. The van der Waals surface area contributed by atoms with E-state index in [1.54, 1.807) is 0 Å². The Morgan fingerprint density at radius 3 is 2.62 bits per heavy atom. The van der Waals surface area contributed by atoms with Crippen LogP contribution in [0.15, 0.2) is 41.3 Å². The van der Waals surface area contributed by atoms with Crippen LogP contribution in [0.4, 0.5) is 14.5 Å². The number of nitrogens with one attached hydrogen (secondary N) is 1. The number of anilines is 1. The van der Waals surface area contributed by atoms with Crippen LogP contribution < -0.4 is 5.32 Å². The molecular formula is C16H15F2NOS. The van der Waals surface area contributed by atoms with E-state index in [1.807, 2.05) is 32.0 Å². The van der Waals surface area contributed by atoms with Crippen molar-refractivity contribution in [3.05, 3.63) is 59.2 Å². The molecule has 0 atom stereocenters. The molecule has 2 aromatic carbocycles. The second-order valence-corrected chi connectivity index (χ2v) is 5.75. The Morgan fingerprint density at radius 2 is 1.90 bits per heavy atom. The van der Waals surface area contributed by atoms with Crippen molar-refractivity contribution >= 4 is 23.4 Å². The Hall–Kier alpha value is -1.88. The molecule has 1 N–H and O–H groups in total. The number of hydrogen-bond donors (Lipinski definition) is 1. The normalized spacial score (nSPS) is 10.5. The van der Waals surface area contributed by atoms with Crippen molar-refractivity contribution < 1.29 is 13.6 Å². The Bertz CT molecular complexity index is 673. The average Bonchev–Trinajstić information content (AvgIpc) is 2.42. The maximum absolute atomic E-state index is 13.4. The summed E-state index contributed by atoms with van der Waals surface area (Å²) in [6.45, 7) is 3.97. The van der Waals surface area contributed by atoms with E-state index >= 15 is 0 Å². The Balaban J connectivity index is 1.97. The van der Waals surface area contributed by atoms with Gasteiger partial charge in [-0.1, -0.05) is 17.7 Å². The molecule has 110 valence electrons. The van der Waals surface area contributed by atoms with E-state index in [-0.39, 0.29) is 17.3 Å². The fourth-order valence-electron chi connectivity index (χ4n) is 1.88. The molecule has 0 aromatic heterocycles. The Kier molecular flexibility index (Phi) is 4.96. The van der Waals surface area contributed by atoms with E-state index in [0.717, 1.165) is 34.2 Å². The number of rotatable bonds is 4. The lowest BCUT2D eigenvalue weighted by Gasteiger charge is -2.08. The maximum Gasteiger partial charge on any atom is 0.234 e. The van der Waals surface area contributed by atoms with Gasteiger partial charge in [0.15, 0.2) is 0 Å². The quantitative estimate of drug-likeness (QED) is 0.853. The van der Waals surface area contributed by atoms with Crippen LogP contribution in [-0.4, -0.2) is 11.7 Å². The molecule has 21 heavy (non-hydrogen) atoms. The van der Waals surface area contributed by atoms with Crippen molar-refractivity contribution in [3.8, 4) is 0 Å². The van der Waals surface area contributed by atoms with Gasteiger partial charge in [-0.2, -0.15) is 0 Å². The van der Waals surface area contributed by atoms with E-state index in [4.69, 9.17) is 0 Å². The minimum absolute atomic E-state index is 0.138. The molecule has 0 bridgehead atoms. The van der Waals surface area contributed by atoms with Crippen molar-refractivity contribution in [2.75, 3.05) is 11.1 Å². The molecule has 0 unspecified atom stereocenters. The third kappa shape index (κ3) is 4.29. The number of carbonyl (C=O) groups is 1. The summed E-state index contributed by atoms with van der Waals surface area (Å²) in [7, 11) is 0. The molecule has 0 aliphatic carbocycles. The number of aryl methyl sites for hydroxylation is 2. The molecule has 2 nitrogen and oxygen atoms in total. The smallest absolute Gasteiger partial charge is 0.234 e. The van der Waals surface area contributed by atoms with Gasteiger partial charge in [-0.25, -0.2) is 8.78 Å². The molecule has 0 heterocycles. The minimum Gasteiger partial charge on any atom is -0.323 e. The monoisotopic (exact) mass is 307 g/mol. The summed E-state index contributed by atoms with van der Waals surface area (Å²) in [6, 6.07) is 8.92. The average molecular weight is 307 g/mol. The highest BCUT2D eigenvalue weighted by molar-refractivity contribution is 8.00. The van der Waals surface area contributed by atoms with Crippen molar-refractivity contribution in [1.82, 2.24) is 0 Å². The highest BCUT2D eigenvalue weighted by atomic mass is 32.2. The van der Waals surface area contributed by atoms with Crippen LogP contribution in [0.1, 0.15) is 11.1 Å². The molecule has 0 aliphatic rings. The summed E-state index contributed by atoms with van der Waals surface area (Å²) >= 11 is 1.36. The molecular weight excluding hydrogens is 292 g/mol. The second kappa shape index (κ2) is 6.72. The SMILES string of the molecule is Cc1ccc(SCC(=O)Nc2cc(F)ccc2F)c(C)c1. The molecule has 0 radical (unpaired) electrons. The van der Waals surface area contributed by atoms with Crippen LogP contribution in [0.5, 0.6) is 0 Å². The van der Waals surface area contributed by atoms with Crippen LogP contribution in [0.2, 0.25) is 0 Å². The van der Waals surface area contributed by atoms with Crippen LogP contribution in [0.25, 0.3) is 0 Å². The number of hydrogen-bond acceptors (Lipinski definition) is 2. The number of carbonyl (C=O) groups excluding carboxylic acids is 1. The molecule has 0 spiro atoms. The van der Waals surface area contributed by atoms with Crippen molar-refractivity contribution in [1.29, 1.82) is 0 Å². The highest BCUT2D eigenvalue weighted by Gasteiger charge is 2.09. The molecule has 0 saturated heterocycles.